The fraction of sp³-hybridized carbons (Fsp3) is 0.500. The summed E-state index contributed by atoms with van der Waals surface area (Å²) in [5.74, 6) is 0.556. The van der Waals surface area contributed by atoms with Crippen molar-refractivity contribution in [2.75, 3.05) is 13.1 Å². The number of aromatic nitrogens is 1. The predicted octanol–water partition coefficient (Wildman–Crippen LogP) is 3.05. The molecule has 116 valence electrons. The Morgan fingerprint density at radius 3 is 2.73 bits per heavy atom. The molecule has 0 saturated carbocycles. The molecule has 1 aromatic carbocycles. The molecule has 0 amide bonds. The molecule has 2 aromatic rings. The second-order valence-corrected chi connectivity index (χ2v) is 6.60. The number of nitrogens with one attached hydrogen (secondary N) is 1. The van der Waals surface area contributed by atoms with Crippen molar-refractivity contribution < 1.29 is 9.53 Å². The first-order valence-electron chi connectivity index (χ1n) is 8.23. The van der Waals surface area contributed by atoms with Crippen molar-refractivity contribution in [3.05, 3.63) is 36.0 Å². The zero-order valence-electron chi connectivity index (χ0n) is 12.9. The Kier molecular flexibility index (Phi) is 3.41. The summed E-state index contributed by atoms with van der Waals surface area (Å²) in [5, 5.41) is 1.34. The molecule has 4 rings (SSSR count). The largest absolute Gasteiger partial charge is 0.461 e. The van der Waals surface area contributed by atoms with E-state index < -0.39 is 0 Å². The molecule has 4 heteroatoms. The van der Waals surface area contributed by atoms with Crippen LogP contribution in [0.25, 0.3) is 10.9 Å². The Bertz CT molecular complexity index is 685. The summed E-state index contributed by atoms with van der Waals surface area (Å²) in [5.41, 5.74) is 2.64. The molecule has 2 fully saturated rings. The second-order valence-electron chi connectivity index (χ2n) is 6.60. The number of benzene rings is 1. The first-order valence-corrected chi connectivity index (χ1v) is 8.23. The SMILES string of the molecule is C[C@@H]1C[C@@H](N2CCC(c3c[nH]c4ccccc34)CC2)C(=O)O1. The van der Waals surface area contributed by atoms with Gasteiger partial charge in [0.2, 0.25) is 0 Å². The van der Waals surface area contributed by atoms with Gasteiger partial charge >= 0.3 is 5.97 Å². The van der Waals surface area contributed by atoms with Crippen LogP contribution in [0.4, 0.5) is 0 Å². The molecule has 0 spiro atoms. The van der Waals surface area contributed by atoms with E-state index in [-0.39, 0.29) is 18.1 Å². The number of esters is 1. The standard InChI is InChI=1S/C18H22N2O2/c1-12-10-17(18(21)22-12)20-8-6-13(7-9-20)15-11-19-16-5-3-2-4-14(15)16/h2-5,11-13,17,19H,6-10H2,1H3/t12-,17-/m1/s1. The number of piperidine rings is 1. The van der Waals surface area contributed by atoms with Gasteiger partial charge in [-0.25, -0.2) is 0 Å². The molecule has 2 aliphatic rings. The van der Waals surface area contributed by atoms with E-state index in [9.17, 15) is 4.79 Å². The normalized spacial score (nSPS) is 27.4. The number of aromatic amines is 1. The van der Waals surface area contributed by atoms with Gasteiger partial charge in [-0.1, -0.05) is 18.2 Å². The maximum Gasteiger partial charge on any atom is 0.323 e. The lowest BCUT2D eigenvalue weighted by Gasteiger charge is -2.34. The Morgan fingerprint density at radius 1 is 1.23 bits per heavy atom. The van der Waals surface area contributed by atoms with Gasteiger partial charge in [0.15, 0.2) is 0 Å². The molecule has 2 saturated heterocycles. The summed E-state index contributed by atoms with van der Waals surface area (Å²) < 4.78 is 5.30. The maximum atomic E-state index is 11.9. The fourth-order valence-electron chi connectivity index (χ4n) is 3.99. The first kappa shape index (κ1) is 13.8. The molecule has 0 bridgehead atoms. The van der Waals surface area contributed by atoms with E-state index in [0.29, 0.717) is 5.92 Å². The first-order chi connectivity index (χ1) is 10.7. The fourth-order valence-corrected chi connectivity index (χ4v) is 3.99. The number of para-hydroxylation sites is 1. The van der Waals surface area contributed by atoms with Crippen LogP contribution in [0, 0.1) is 0 Å². The minimum absolute atomic E-state index is 0.0149. The number of rotatable bonds is 2. The second kappa shape index (κ2) is 5.43. The third-order valence-electron chi connectivity index (χ3n) is 5.18. The van der Waals surface area contributed by atoms with E-state index in [4.69, 9.17) is 4.74 Å². The van der Waals surface area contributed by atoms with Crippen LogP contribution in [0.1, 0.15) is 37.7 Å². The number of hydrogen-bond donors (Lipinski definition) is 1. The number of hydrogen-bond acceptors (Lipinski definition) is 3. The molecule has 1 aromatic heterocycles. The number of nitrogens with zero attached hydrogens (tertiary/aromatic N) is 1. The lowest BCUT2D eigenvalue weighted by atomic mass is 9.88. The van der Waals surface area contributed by atoms with E-state index >= 15 is 0 Å². The van der Waals surface area contributed by atoms with Crippen LogP contribution in [0.2, 0.25) is 0 Å². The van der Waals surface area contributed by atoms with Crippen molar-refractivity contribution in [1.29, 1.82) is 0 Å². The molecule has 22 heavy (non-hydrogen) atoms. The van der Waals surface area contributed by atoms with Gasteiger partial charge in [0, 0.05) is 23.5 Å². The molecule has 0 radical (unpaired) electrons. The number of carbonyl (C=O) groups is 1. The summed E-state index contributed by atoms with van der Waals surface area (Å²) in [7, 11) is 0. The van der Waals surface area contributed by atoms with Gasteiger partial charge in [0.1, 0.15) is 12.1 Å². The molecule has 4 nitrogen and oxygen atoms in total. The molecule has 0 aliphatic carbocycles. The molecular formula is C18H22N2O2. The molecule has 2 aliphatic heterocycles. The highest BCUT2D eigenvalue weighted by Gasteiger charge is 2.38. The zero-order chi connectivity index (χ0) is 15.1. The van der Waals surface area contributed by atoms with E-state index in [0.717, 1.165) is 32.4 Å². The van der Waals surface area contributed by atoms with E-state index in [1.54, 1.807) is 0 Å². The Morgan fingerprint density at radius 2 is 2.00 bits per heavy atom. The lowest BCUT2D eigenvalue weighted by molar-refractivity contribution is -0.145. The highest BCUT2D eigenvalue weighted by Crippen LogP contribution is 2.34. The minimum Gasteiger partial charge on any atom is -0.461 e. The van der Waals surface area contributed by atoms with Crippen molar-refractivity contribution in [2.24, 2.45) is 0 Å². The van der Waals surface area contributed by atoms with Crippen LogP contribution in [-0.4, -0.2) is 41.1 Å². The van der Waals surface area contributed by atoms with Gasteiger partial charge < -0.3 is 9.72 Å². The number of likely N-dealkylation sites (tertiary alicyclic amines) is 1. The predicted molar refractivity (Wildman–Crippen MR) is 85.8 cm³/mol. The van der Waals surface area contributed by atoms with Crippen LogP contribution >= 0.6 is 0 Å². The summed E-state index contributed by atoms with van der Waals surface area (Å²) in [6, 6.07) is 8.48. The summed E-state index contributed by atoms with van der Waals surface area (Å²) in [4.78, 5) is 17.6. The smallest absolute Gasteiger partial charge is 0.323 e. The number of H-pyrrole nitrogens is 1. The Hall–Kier alpha value is -1.81. The average molecular weight is 298 g/mol. The Labute approximate surface area is 130 Å². The van der Waals surface area contributed by atoms with Gasteiger partial charge in [-0.2, -0.15) is 0 Å². The summed E-state index contributed by atoms with van der Waals surface area (Å²) >= 11 is 0. The van der Waals surface area contributed by atoms with Crippen LogP contribution in [0.3, 0.4) is 0 Å². The molecule has 1 N–H and O–H groups in total. The third-order valence-corrected chi connectivity index (χ3v) is 5.18. The van der Waals surface area contributed by atoms with E-state index in [1.165, 1.54) is 16.5 Å². The lowest BCUT2D eigenvalue weighted by Crippen LogP contribution is -2.43. The third kappa shape index (κ3) is 2.31. The number of carbonyl (C=O) groups excluding carboxylic acids is 1. The number of ether oxygens (including phenoxy) is 1. The van der Waals surface area contributed by atoms with Crippen molar-refractivity contribution in [2.45, 2.75) is 44.2 Å². The van der Waals surface area contributed by atoms with E-state index in [2.05, 4.69) is 40.3 Å². The summed E-state index contributed by atoms with van der Waals surface area (Å²) in [6.45, 7) is 3.95. The van der Waals surface area contributed by atoms with Crippen LogP contribution in [-0.2, 0) is 9.53 Å². The van der Waals surface area contributed by atoms with Crippen LogP contribution < -0.4 is 0 Å². The molecule has 2 atom stereocenters. The molecular weight excluding hydrogens is 276 g/mol. The molecule has 3 heterocycles. The van der Waals surface area contributed by atoms with Crippen LogP contribution in [0.5, 0.6) is 0 Å². The number of fused-ring (bicyclic) bond motifs is 1. The minimum atomic E-state index is -0.0296. The van der Waals surface area contributed by atoms with Gasteiger partial charge in [0.05, 0.1) is 0 Å². The summed E-state index contributed by atoms with van der Waals surface area (Å²) in [6.07, 6.45) is 5.30. The Balaban J connectivity index is 1.47. The maximum absolute atomic E-state index is 11.9. The molecule has 0 unspecified atom stereocenters. The van der Waals surface area contributed by atoms with Gasteiger partial charge in [-0.05, 0) is 50.4 Å². The highest BCUT2D eigenvalue weighted by atomic mass is 16.6. The topological polar surface area (TPSA) is 45.3 Å². The van der Waals surface area contributed by atoms with Crippen molar-refractivity contribution >= 4 is 16.9 Å². The van der Waals surface area contributed by atoms with Gasteiger partial charge in [0.25, 0.3) is 0 Å². The van der Waals surface area contributed by atoms with Crippen molar-refractivity contribution in [3.8, 4) is 0 Å². The van der Waals surface area contributed by atoms with E-state index in [1.807, 2.05) is 6.92 Å². The highest BCUT2D eigenvalue weighted by molar-refractivity contribution is 5.83. The van der Waals surface area contributed by atoms with Crippen LogP contribution in [0.15, 0.2) is 30.5 Å². The van der Waals surface area contributed by atoms with Crippen molar-refractivity contribution in [3.63, 3.8) is 0 Å². The average Bonchev–Trinajstić information content (AvgIpc) is 3.10. The van der Waals surface area contributed by atoms with Gasteiger partial charge in [-0.15, -0.1) is 0 Å². The quantitative estimate of drug-likeness (QED) is 0.867. The monoisotopic (exact) mass is 298 g/mol. The van der Waals surface area contributed by atoms with Crippen molar-refractivity contribution in [1.82, 2.24) is 9.88 Å². The van der Waals surface area contributed by atoms with Gasteiger partial charge in [-0.3, -0.25) is 9.69 Å². The zero-order valence-corrected chi connectivity index (χ0v) is 12.9. The number of cyclic esters (lactones) is 1.